The van der Waals surface area contributed by atoms with E-state index in [2.05, 4.69) is 34.6 Å². The largest absolute Gasteiger partial charge is 0.0654 e. The van der Waals surface area contributed by atoms with Crippen LogP contribution in [0.2, 0.25) is 0 Å². The third-order valence-corrected chi connectivity index (χ3v) is 3.58. The molecule has 0 aliphatic heterocycles. The van der Waals surface area contributed by atoms with Gasteiger partial charge in [-0.1, -0.05) is 79.6 Å². The van der Waals surface area contributed by atoms with Gasteiger partial charge < -0.3 is 0 Å². The Morgan fingerprint density at radius 2 is 1.12 bits per heavy atom. The highest BCUT2D eigenvalue weighted by atomic mass is 14.2. The van der Waals surface area contributed by atoms with Crippen molar-refractivity contribution in [3.05, 3.63) is 0 Å². The number of hydrogen-bond acceptors (Lipinski definition) is 0. The fourth-order valence-electron chi connectivity index (χ4n) is 2.88. The van der Waals surface area contributed by atoms with E-state index in [4.69, 9.17) is 0 Å². The van der Waals surface area contributed by atoms with Crippen molar-refractivity contribution in [1.82, 2.24) is 0 Å². The highest BCUT2D eigenvalue weighted by Gasteiger charge is 2.12. The average molecular weight is 240 g/mol. The normalized spacial score (nSPS) is 12.0. The molecule has 0 atom stereocenters. The van der Waals surface area contributed by atoms with Gasteiger partial charge in [0.15, 0.2) is 0 Å². The van der Waals surface area contributed by atoms with E-state index in [0.717, 1.165) is 17.8 Å². The minimum absolute atomic E-state index is 0.874. The fraction of sp³-hybridized carbons (Fsp3) is 1.00. The lowest BCUT2D eigenvalue weighted by Crippen LogP contribution is -2.08. The average Bonchev–Trinajstić information content (AvgIpc) is 2.21. The third kappa shape index (κ3) is 12.2. The first kappa shape index (κ1) is 17.0. The number of hydrogen-bond donors (Lipinski definition) is 0. The predicted molar refractivity (Wildman–Crippen MR) is 80.4 cm³/mol. The summed E-state index contributed by atoms with van der Waals surface area (Å²) in [6, 6.07) is 0. The van der Waals surface area contributed by atoms with E-state index >= 15 is 0 Å². The molecule has 0 saturated heterocycles. The molecule has 0 nitrogen and oxygen atoms in total. The van der Waals surface area contributed by atoms with Crippen molar-refractivity contribution >= 4 is 0 Å². The molecule has 0 fully saturated rings. The lowest BCUT2D eigenvalue weighted by Gasteiger charge is -2.20. The molecule has 0 heterocycles. The van der Waals surface area contributed by atoms with Crippen LogP contribution in [0.25, 0.3) is 0 Å². The summed E-state index contributed by atoms with van der Waals surface area (Å²) < 4.78 is 0. The molecule has 0 rings (SSSR count). The zero-order chi connectivity index (χ0) is 13.1. The van der Waals surface area contributed by atoms with Gasteiger partial charge in [-0.3, -0.25) is 0 Å². The summed E-state index contributed by atoms with van der Waals surface area (Å²) in [5, 5.41) is 0. The Labute approximate surface area is 111 Å². The highest BCUT2D eigenvalue weighted by Crippen LogP contribution is 2.25. The zero-order valence-electron chi connectivity index (χ0n) is 13.1. The van der Waals surface area contributed by atoms with Gasteiger partial charge in [0.2, 0.25) is 0 Å². The van der Waals surface area contributed by atoms with Gasteiger partial charge in [-0.2, -0.15) is 0 Å². The molecule has 0 radical (unpaired) electrons. The summed E-state index contributed by atoms with van der Waals surface area (Å²) in [4.78, 5) is 0. The topological polar surface area (TPSA) is 0 Å². The Morgan fingerprint density at radius 1 is 0.647 bits per heavy atom. The van der Waals surface area contributed by atoms with Crippen molar-refractivity contribution in [2.24, 2.45) is 17.8 Å². The Morgan fingerprint density at radius 3 is 1.59 bits per heavy atom. The first-order chi connectivity index (χ1) is 8.06. The summed E-state index contributed by atoms with van der Waals surface area (Å²) in [6.45, 7) is 11.8. The molecule has 0 amide bonds. The first-order valence-corrected chi connectivity index (χ1v) is 8.06. The van der Waals surface area contributed by atoms with Gasteiger partial charge in [0.05, 0.1) is 0 Å². The summed E-state index contributed by atoms with van der Waals surface area (Å²) in [6.07, 6.45) is 13.0. The Kier molecular flexibility index (Phi) is 11.1. The summed E-state index contributed by atoms with van der Waals surface area (Å²) in [5.41, 5.74) is 0. The number of rotatable bonds is 11. The van der Waals surface area contributed by atoms with Crippen LogP contribution in [-0.2, 0) is 0 Å². The van der Waals surface area contributed by atoms with Gasteiger partial charge in [0.25, 0.3) is 0 Å². The predicted octanol–water partition coefficient (Wildman–Crippen LogP) is 6.45. The second kappa shape index (κ2) is 11.1. The maximum atomic E-state index is 2.37. The van der Waals surface area contributed by atoms with E-state index in [1.54, 1.807) is 0 Å². The smallest absolute Gasteiger partial charge is 0.0409 e. The van der Waals surface area contributed by atoms with E-state index in [-0.39, 0.29) is 0 Å². The summed E-state index contributed by atoms with van der Waals surface area (Å²) in [5.74, 6) is 2.74. The molecule has 0 aromatic carbocycles. The zero-order valence-corrected chi connectivity index (χ0v) is 13.1. The molecular formula is C17H36. The van der Waals surface area contributed by atoms with Gasteiger partial charge in [-0.05, 0) is 30.6 Å². The van der Waals surface area contributed by atoms with Crippen LogP contribution >= 0.6 is 0 Å². The van der Waals surface area contributed by atoms with E-state index in [1.807, 2.05) is 0 Å². The van der Waals surface area contributed by atoms with E-state index in [1.165, 1.54) is 57.8 Å². The Balaban J connectivity index is 3.60. The first-order valence-electron chi connectivity index (χ1n) is 8.06. The number of unbranched alkanes of at least 4 members (excludes halogenated alkanes) is 5. The van der Waals surface area contributed by atoms with Crippen LogP contribution in [0, 0.1) is 17.8 Å². The summed E-state index contributed by atoms with van der Waals surface area (Å²) >= 11 is 0. The monoisotopic (exact) mass is 240 g/mol. The highest BCUT2D eigenvalue weighted by molar-refractivity contribution is 4.64. The molecule has 0 aromatic rings. The molecule has 0 saturated carbocycles. The van der Waals surface area contributed by atoms with Crippen molar-refractivity contribution in [3.8, 4) is 0 Å². The van der Waals surface area contributed by atoms with Crippen LogP contribution in [-0.4, -0.2) is 0 Å². The lowest BCUT2D eigenvalue weighted by atomic mass is 9.85. The molecule has 0 unspecified atom stereocenters. The molecule has 0 bridgehead atoms. The van der Waals surface area contributed by atoms with Crippen LogP contribution < -0.4 is 0 Å². The quantitative estimate of drug-likeness (QED) is 0.364. The molecule has 0 aromatic heterocycles. The van der Waals surface area contributed by atoms with Gasteiger partial charge in [-0.15, -0.1) is 0 Å². The second-order valence-corrected chi connectivity index (χ2v) is 6.68. The lowest BCUT2D eigenvalue weighted by molar-refractivity contribution is 0.315. The van der Waals surface area contributed by atoms with Crippen molar-refractivity contribution < 1.29 is 0 Å². The van der Waals surface area contributed by atoms with Gasteiger partial charge in [0, 0.05) is 0 Å². The minimum atomic E-state index is 0.874. The van der Waals surface area contributed by atoms with Crippen LogP contribution in [0.1, 0.15) is 92.4 Å². The maximum Gasteiger partial charge on any atom is -0.0409 e. The Hall–Kier alpha value is 0. The van der Waals surface area contributed by atoms with Crippen LogP contribution in [0.5, 0.6) is 0 Å². The van der Waals surface area contributed by atoms with Crippen molar-refractivity contribution in [1.29, 1.82) is 0 Å². The maximum absolute atomic E-state index is 2.37. The van der Waals surface area contributed by atoms with E-state index in [9.17, 15) is 0 Å². The van der Waals surface area contributed by atoms with Gasteiger partial charge >= 0.3 is 0 Å². The molecule has 0 aliphatic rings. The van der Waals surface area contributed by atoms with Crippen molar-refractivity contribution in [3.63, 3.8) is 0 Å². The van der Waals surface area contributed by atoms with Gasteiger partial charge in [0.1, 0.15) is 0 Å². The van der Waals surface area contributed by atoms with Crippen LogP contribution in [0.15, 0.2) is 0 Å². The molecule has 0 aliphatic carbocycles. The molecular weight excluding hydrogens is 204 g/mol. The standard InChI is InChI=1S/C17H36/c1-6-7-8-9-10-11-12-17(13-15(2)3)14-16(4)5/h15-17H,6-14H2,1-5H3. The van der Waals surface area contributed by atoms with E-state index < -0.39 is 0 Å². The fourth-order valence-corrected chi connectivity index (χ4v) is 2.88. The molecule has 0 heteroatoms. The van der Waals surface area contributed by atoms with Gasteiger partial charge in [-0.25, -0.2) is 0 Å². The SMILES string of the molecule is CCCCCCCCC(CC(C)C)CC(C)C. The van der Waals surface area contributed by atoms with Crippen molar-refractivity contribution in [2.45, 2.75) is 92.4 Å². The molecule has 104 valence electrons. The second-order valence-electron chi connectivity index (χ2n) is 6.68. The van der Waals surface area contributed by atoms with Crippen LogP contribution in [0.3, 0.4) is 0 Å². The van der Waals surface area contributed by atoms with Crippen LogP contribution in [0.4, 0.5) is 0 Å². The molecule has 0 spiro atoms. The minimum Gasteiger partial charge on any atom is -0.0654 e. The van der Waals surface area contributed by atoms with E-state index in [0.29, 0.717) is 0 Å². The molecule has 17 heavy (non-hydrogen) atoms. The third-order valence-electron chi connectivity index (χ3n) is 3.58. The van der Waals surface area contributed by atoms with Crippen molar-refractivity contribution in [2.75, 3.05) is 0 Å². The summed E-state index contributed by atoms with van der Waals surface area (Å²) in [7, 11) is 0. The Bertz CT molecular complexity index is 136. The molecule has 0 N–H and O–H groups in total.